The number of benzene rings is 2. The third-order valence-corrected chi connectivity index (χ3v) is 4.30. The maximum atomic E-state index is 12.3. The number of urea groups is 1. The van der Waals surface area contributed by atoms with Gasteiger partial charge < -0.3 is 16.4 Å². The predicted octanol–water partition coefficient (Wildman–Crippen LogP) is 3.25. The zero-order valence-corrected chi connectivity index (χ0v) is 13.7. The summed E-state index contributed by atoms with van der Waals surface area (Å²) < 4.78 is 0. The van der Waals surface area contributed by atoms with E-state index >= 15 is 0 Å². The highest BCUT2D eigenvalue weighted by atomic mass is 35.5. The van der Waals surface area contributed by atoms with Gasteiger partial charge in [0.15, 0.2) is 0 Å². The van der Waals surface area contributed by atoms with Crippen LogP contribution in [0.3, 0.4) is 0 Å². The van der Waals surface area contributed by atoms with Gasteiger partial charge in [-0.1, -0.05) is 35.9 Å². The van der Waals surface area contributed by atoms with E-state index in [1.807, 2.05) is 30.3 Å². The SMILES string of the molecule is NC(=O)Nc1cccc(CNC(=O)C2CC2c2cccc(Cl)c2)c1. The normalized spacial score (nSPS) is 18.7. The van der Waals surface area contributed by atoms with E-state index in [0.29, 0.717) is 17.3 Å². The van der Waals surface area contributed by atoms with Gasteiger partial charge in [0.1, 0.15) is 0 Å². The van der Waals surface area contributed by atoms with Crippen LogP contribution in [0.15, 0.2) is 48.5 Å². The fourth-order valence-electron chi connectivity index (χ4n) is 2.81. The highest BCUT2D eigenvalue weighted by molar-refractivity contribution is 6.30. The molecule has 1 aliphatic rings. The molecule has 6 heteroatoms. The van der Waals surface area contributed by atoms with Gasteiger partial charge >= 0.3 is 6.03 Å². The Morgan fingerprint density at radius 2 is 1.96 bits per heavy atom. The van der Waals surface area contributed by atoms with Gasteiger partial charge in [-0.2, -0.15) is 0 Å². The Labute approximate surface area is 145 Å². The molecule has 3 amide bonds. The van der Waals surface area contributed by atoms with Crippen LogP contribution in [0.5, 0.6) is 0 Å². The monoisotopic (exact) mass is 343 g/mol. The fraction of sp³-hybridized carbons (Fsp3) is 0.222. The summed E-state index contributed by atoms with van der Waals surface area (Å²) in [6.07, 6.45) is 0.843. The Hall–Kier alpha value is -2.53. The Balaban J connectivity index is 1.54. The second-order valence-electron chi connectivity index (χ2n) is 5.91. The summed E-state index contributed by atoms with van der Waals surface area (Å²) in [5.74, 6) is 0.273. The van der Waals surface area contributed by atoms with E-state index in [4.69, 9.17) is 17.3 Å². The third kappa shape index (κ3) is 4.06. The summed E-state index contributed by atoms with van der Waals surface area (Å²) in [6, 6.07) is 14.3. The van der Waals surface area contributed by atoms with Crippen LogP contribution in [-0.2, 0) is 11.3 Å². The lowest BCUT2D eigenvalue weighted by Crippen LogP contribution is -2.25. The third-order valence-electron chi connectivity index (χ3n) is 4.07. The average Bonchev–Trinajstić information content (AvgIpc) is 3.33. The summed E-state index contributed by atoms with van der Waals surface area (Å²) >= 11 is 6.00. The molecule has 1 aliphatic carbocycles. The minimum atomic E-state index is -0.612. The van der Waals surface area contributed by atoms with Crippen molar-refractivity contribution in [3.05, 3.63) is 64.7 Å². The van der Waals surface area contributed by atoms with Crippen LogP contribution >= 0.6 is 11.6 Å². The molecule has 24 heavy (non-hydrogen) atoms. The van der Waals surface area contributed by atoms with Crippen molar-refractivity contribution >= 4 is 29.2 Å². The molecular weight excluding hydrogens is 326 g/mol. The van der Waals surface area contributed by atoms with Crippen molar-refractivity contribution in [3.63, 3.8) is 0 Å². The highest BCUT2D eigenvalue weighted by Gasteiger charge is 2.43. The Bertz CT molecular complexity index is 778. The van der Waals surface area contributed by atoms with Crippen LogP contribution in [0.25, 0.3) is 0 Å². The lowest BCUT2D eigenvalue weighted by molar-refractivity contribution is -0.122. The van der Waals surface area contributed by atoms with Crippen molar-refractivity contribution in [2.75, 3.05) is 5.32 Å². The number of hydrogen-bond acceptors (Lipinski definition) is 2. The van der Waals surface area contributed by atoms with Gasteiger partial charge in [-0.25, -0.2) is 4.79 Å². The van der Waals surface area contributed by atoms with Gasteiger partial charge in [0, 0.05) is 23.2 Å². The molecular formula is C18H18ClN3O2. The van der Waals surface area contributed by atoms with Crippen LogP contribution in [0, 0.1) is 5.92 Å². The maximum absolute atomic E-state index is 12.3. The van der Waals surface area contributed by atoms with Crippen LogP contribution in [0.4, 0.5) is 10.5 Å². The van der Waals surface area contributed by atoms with Gasteiger partial charge in [0.05, 0.1) is 0 Å². The molecule has 3 rings (SSSR count). The molecule has 1 fully saturated rings. The number of amides is 3. The second-order valence-corrected chi connectivity index (χ2v) is 6.35. The van der Waals surface area contributed by atoms with E-state index in [2.05, 4.69) is 10.6 Å². The van der Waals surface area contributed by atoms with Crippen molar-refractivity contribution < 1.29 is 9.59 Å². The molecule has 2 aromatic carbocycles. The molecule has 0 heterocycles. The number of halogens is 1. The zero-order valence-electron chi connectivity index (χ0n) is 13.0. The lowest BCUT2D eigenvalue weighted by Gasteiger charge is -2.08. The van der Waals surface area contributed by atoms with Crippen molar-refractivity contribution in [2.45, 2.75) is 18.9 Å². The van der Waals surface area contributed by atoms with Gasteiger partial charge in [-0.05, 0) is 47.7 Å². The summed E-state index contributed by atoms with van der Waals surface area (Å²) in [7, 11) is 0. The molecule has 124 valence electrons. The molecule has 2 unspecified atom stereocenters. The van der Waals surface area contributed by atoms with E-state index < -0.39 is 6.03 Å². The first-order valence-electron chi connectivity index (χ1n) is 7.71. The van der Waals surface area contributed by atoms with E-state index in [9.17, 15) is 9.59 Å². The first-order valence-corrected chi connectivity index (χ1v) is 8.09. The predicted molar refractivity (Wildman–Crippen MR) is 93.8 cm³/mol. The van der Waals surface area contributed by atoms with Gasteiger partial charge in [0.2, 0.25) is 5.91 Å². The van der Waals surface area contributed by atoms with E-state index in [0.717, 1.165) is 17.5 Å². The van der Waals surface area contributed by atoms with Gasteiger partial charge in [-0.15, -0.1) is 0 Å². The molecule has 0 saturated heterocycles. The number of primary amides is 1. The molecule has 0 aliphatic heterocycles. The highest BCUT2D eigenvalue weighted by Crippen LogP contribution is 2.47. The van der Waals surface area contributed by atoms with E-state index in [1.165, 1.54) is 0 Å². The smallest absolute Gasteiger partial charge is 0.316 e. The van der Waals surface area contributed by atoms with Crippen LogP contribution in [0.1, 0.15) is 23.5 Å². The van der Waals surface area contributed by atoms with E-state index in [1.54, 1.807) is 18.2 Å². The standard InChI is InChI=1S/C18H18ClN3O2/c19-13-5-2-4-12(8-13)15-9-16(15)17(23)21-10-11-3-1-6-14(7-11)22-18(20)24/h1-8,15-16H,9-10H2,(H,21,23)(H3,20,22,24). The molecule has 0 radical (unpaired) electrons. The quantitative estimate of drug-likeness (QED) is 0.778. The summed E-state index contributed by atoms with van der Waals surface area (Å²) in [6.45, 7) is 0.409. The van der Waals surface area contributed by atoms with Crippen molar-refractivity contribution in [3.8, 4) is 0 Å². The number of hydrogen-bond donors (Lipinski definition) is 3. The molecule has 2 aromatic rings. The van der Waals surface area contributed by atoms with Crippen molar-refractivity contribution in [1.29, 1.82) is 0 Å². The maximum Gasteiger partial charge on any atom is 0.316 e. The number of rotatable bonds is 5. The van der Waals surface area contributed by atoms with E-state index in [-0.39, 0.29) is 17.7 Å². The minimum absolute atomic E-state index is 0.00426. The average molecular weight is 344 g/mol. The zero-order chi connectivity index (χ0) is 17.1. The van der Waals surface area contributed by atoms with Crippen LogP contribution in [0.2, 0.25) is 5.02 Å². The summed E-state index contributed by atoms with van der Waals surface area (Å²) in [5.41, 5.74) is 7.71. The molecule has 5 nitrogen and oxygen atoms in total. The molecule has 0 spiro atoms. The largest absolute Gasteiger partial charge is 0.352 e. The second kappa shape index (κ2) is 6.93. The van der Waals surface area contributed by atoms with Gasteiger partial charge in [-0.3, -0.25) is 4.79 Å². The fourth-order valence-corrected chi connectivity index (χ4v) is 3.01. The van der Waals surface area contributed by atoms with Crippen molar-refractivity contribution in [1.82, 2.24) is 5.32 Å². The number of nitrogens with two attached hydrogens (primary N) is 1. The first kappa shape index (κ1) is 16.3. The van der Waals surface area contributed by atoms with Crippen LogP contribution in [-0.4, -0.2) is 11.9 Å². The number of nitrogens with one attached hydrogen (secondary N) is 2. The molecule has 0 aromatic heterocycles. The summed E-state index contributed by atoms with van der Waals surface area (Å²) in [4.78, 5) is 23.1. The lowest BCUT2D eigenvalue weighted by atomic mass is 10.1. The topological polar surface area (TPSA) is 84.2 Å². The Morgan fingerprint density at radius 1 is 1.17 bits per heavy atom. The Kier molecular flexibility index (Phi) is 4.71. The first-order chi connectivity index (χ1) is 11.5. The van der Waals surface area contributed by atoms with Crippen molar-refractivity contribution in [2.24, 2.45) is 11.7 Å². The molecule has 1 saturated carbocycles. The molecule has 0 bridgehead atoms. The number of anilines is 1. The molecule has 4 N–H and O–H groups in total. The minimum Gasteiger partial charge on any atom is -0.352 e. The van der Waals surface area contributed by atoms with Crippen LogP contribution < -0.4 is 16.4 Å². The number of carbonyl (C=O) groups is 2. The van der Waals surface area contributed by atoms with Gasteiger partial charge in [0.25, 0.3) is 0 Å². The molecule has 2 atom stereocenters. The summed E-state index contributed by atoms with van der Waals surface area (Å²) in [5, 5.41) is 6.15. The number of carbonyl (C=O) groups excluding carboxylic acids is 2. The Morgan fingerprint density at radius 3 is 2.71 bits per heavy atom.